The van der Waals surface area contributed by atoms with E-state index in [4.69, 9.17) is 0 Å². The molecule has 1 aromatic carbocycles. The zero-order valence-corrected chi connectivity index (χ0v) is 17.0. The molecule has 0 bridgehead atoms. The Labute approximate surface area is 166 Å². The van der Waals surface area contributed by atoms with E-state index in [1.807, 2.05) is 11.8 Å². The summed E-state index contributed by atoms with van der Waals surface area (Å²) < 4.78 is 27.4. The molecule has 0 aliphatic carbocycles. The van der Waals surface area contributed by atoms with Crippen molar-refractivity contribution in [2.24, 2.45) is 0 Å². The van der Waals surface area contributed by atoms with Gasteiger partial charge in [0.25, 0.3) is 15.9 Å². The van der Waals surface area contributed by atoms with Gasteiger partial charge >= 0.3 is 0 Å². The Morgan fingerprint density at radius 2 is 1.89 bits per heavy atom. The Hall–Kier alpha value is -2.16. The maximum atomic E-state index is 12.9. The first-order chi connectivity index (χ1) is 13.0. The largest absolute Gasteiger partial charge is 0.331 e. The molecule has 5 nitrogen and oxygen atoms in total. The summed E-state index contributed by atoms with van der Waals surface area (Å²) in [7, 11) is -3.59. The Bertz CT molecular complexity index is 1050. The van der Waals surface area contributed by atoms with Gasteiger partial charge in [0.1, 0.15) is 4.21 Å². The van der Waals surface area contributed by atoms with E-state index in [0.29, 0.717) is 17.8 Å². The molecule has 1 atom stereocenters. The van der Waals surface area contributed by atoms with E-state index in [2.05, 4.69) is 16.2 Å². The molecule has 3 aromatic rings. The zero-order chi connectivity index (χ0) is 19.0. The molecule has 0 fully saturated rings. The molecular weight excluding hydrogens is 400 g/mol. The van der Waals surface area contributed by atoms with Crippen LogP contribution in [0.4, 0.5) is 5.69 Å². The smallest absolute Gasteiger partial charge is 0.271 e. The average molecular weight is 419 g/mol. The molecule has 0 radical (unpaired) electrons. The highest BCUT2D eigenvalue weighted by Gasteiger charge is 2.29. The van der Waals surface area contributed by atoms with Gasteiger partial charge in [0.15, 0.2) is 0 Å². The van der Waals surface area contributed by atoms with E-state index in [0.717, 1.165) is 17.8 Å². The third kappa shape index (κ3) is 3.52. The van der Waals surface area contributed by atoms with Crippen molar-refractivity contribution in [3.8, 4) is 0 Å². The first-order valence-corrected chi connectivity index (χ1v) is 11.7. The lowest BCUT2D eigenvalue weighted by Crippen LogP contribution is -2.38. The SMILES string of the molecule is CC1c2ccsc2CCN1C(=O)c1ccc(NS(=O)(=O)c2cccs2)cc1. The van der Waals surface area contributed by atoms with Gasteiger partial charge in [-0.05, 0) is 66.1 Å². The number of carbonyl (C=O) groups is 1. The van der Waals surface area contributed by atoms with Crippen LogP contribution >= 0.6 is 22.7 Å². The standard InChI is InChI=1S/C19H18N2O3S3/c1-13-16-9-12-25-17(16)8-10-21(13)19(22)14-4-6-15(7-5-14)20-27(23,24)18-3-2-11-26-18/h2-7,9,11-13,20H,8,10H2,1H3. The molecule has 1 aliphatic heterocycles. The van der Waals surface area contributed by atoms with Gasteiger partial charge in [-0.3, -0.25) is 9.52 Å². The zero-order valence-electron chi connectivity index (χ0n) is 14.6. The number of hydrogen-bond donors (Lipinski definition) is 1. The van der Waals surface area contributed by atoms with Crippen molar-refractivity contribution in [3.63, 3.8) is 0 Å². The quantitative estimate of drug-likeness (QED) is 0.684. The van der Waals surface area contributed by atoms with Gasteiger partial charge in [-0.25, -0.2) is 8.42 Å². The van der Waals surface area contributed by atoms with Crippen molar-refractivity contribution in [3.05, 3.63) is 69.2 Å². The molecule has 0 saturated heterocycles. The second-order valence-corrected chi connectivity index (χ2v) is 10.2. The monoisotopic (exact) mass is 418 g/mol. The van der Waals surface area contributed by atoms with E-state index >= 15 is 0 Å². The second kappa shape index (κ2) is 7.10. The molecule has 1 unspecified atom stereocenters. The fourth-order valence-corrected chi connectivity index (χ4v) is 6.27. The molecule has 0 spiro atoms. The minimum atomic E-state index is -3.59. The topological polar surface area (TPSA) is 66.5 Å². The number of amides is 1. The van der Waals surface area contributed by atoms with Crippen LogP contribution in [0.15, 0.2) is 57.4 Å². The molecule has 140 valence electrons. The summed E-state index contributed by atoms with van der Waals surface area (Å²) >= 11 is 2.90. The number of hydrogen-bond acceptors (Lipinski definition) is 5. The molecule has 8 heteroatoms. The van der Waals surface area contributed by atoms with Crippen LogP contribution in [0.25, 0.3) is 0 Å². The highest BCUT2D eigenvalue weighted by Crippen LogP contribution is 2.33. The van der Waals surface area contributed by atoms with E-state index in [-0.39, 0.29) is 16.2 Å². The lowest BCUT2D eigenvalue weighted by molar-refractivity contribution is 0.0679. The van der Waals surface area contributed by atoms with E-state index < -0.39 is 10.0 Å². The summed E-state index contributed by atoms with van der Waals surface area (Å²) in [6, 6.07) is 12.0. The molecule has 4 rings (SSSR count). The van der Waals surface area contributed by atoms with Crippen molar-refractivity contribution in [1.29, 1.82) is 0 Å². The van der Waals surface area contributed by atoms with Crippen LogP contribution in [0.1, 0.15) is 33.8 Å². The third-order valence-corrected chi connectivity index (χ3v) is 8.46. The lowest BCUT2D eigenvalue weighted by atomic mass is 10.0. The van der Waals surface area contributed by atoms with Crippen molar-refractivity contribution in [2.45, 2.75) is 23.6 Å². The molecule has 2 aromatic heterocycles. The van der Waals surface area contributed by atoms with Gasteiger partial charge in [-0.1, -0.05) is 6.07 Å². The van der Waals surface area contributed by atoms with Gasteiger partial charge in [-0.2, -0.15) is 0 Å². The van der Waals surface area contributed by atoms with Crippen molar-refractivity contribution >= 4 is 44.3 Å². The van der Waals surface area contributed by atoms with Gasteiger partial charge < -0.3 is 4.90 Å². The Morgan fingerprint density at radius 1 is 1.11 bits per heavy atom. The van der Waals surface area contributed by atoms with E-state index in [9.17, 15) is 13.2 Å². The van der Waals surface area contributed by atoms with Crippen molar-refractivity contribution < 1.29 is 13.2 Å². The summed E-state index contributed by atoms with van der Waals surface area (Å²) in [5.74, 6) is -0.0352. The summed E-state index contributed by atoms with van der Waals surface area (Å²) in [6.07, 6.45) is 0.877. The predicted octanol–water partition coefficient (Wildman–Crippen LogP) is 4.37. The molecule has 0 saturated carbocycles. The fraction of sp³-hybridized carbons (Fsp3) is 0.211. The second-order valence-electron chi connectivity index (χ2n) is 6.34. The summed E-state index contributed by atoms with van der Waals surface area (Å²) in [6.45, 7) is 2.74. The minimum absolute atomic E-state index is 0.0352. The predicted molar refractivity (Wildman–Crippen MR) is 109 cm³/mol. The Kier molecular flexibility index (Phi) is 4.79. The average Bonchev–Trinajstić information content (AvgIpc) is 3.34. The maximum absolute atomic E-state index is 12.9. The molecule has 27 heavy (non-hydrogen) atoms. The first kappa shape index (κ1) is 18.2. The van der Waals surface area contributed by atoms with Crippen LogP contribution in [-0.4, -0.2) is 25.8 Å². The van der Waals surface area contributed by atoms with Gasteiger partial charge in [0.05, 0.1) is 6.04 Å². The van der Waals surface area contributed by atoms with Crippen LogP contribution < -0.4 is 4.72 Å². The number of fused-ring (bicyclic) bond motifs is 1. The number of sulfonamides is 1. The van der Waals surface area contributed by atoms with Crippen LogP contribution in [0.5, 0.6) is 0 Å². The summed E-state index contributed by atoms with van der Waals surface area (Å²) in [4.78, 5) is 16.1. The summed E-state index contributed by atoms with van der Waals surface area (Å²) in [5, 5.41) is 3.79. The minimum Gasteiger partial charge on any atom is -0.331 e. The van der Waals surface area contributed by atoms with Gasteiger partial charge in [0, 0.05) is 22.7 Å². The number of nitrogens with one attached hydrogen (secondary N) is 1. The molecule has 1 aliphatic rings. The van der Waals surface area contributed by atoms with Crippen LogP contribution in [0.2, 0.25) is 0 Å². The molecule has 1 N–H and O–H groups in total. The number of nitrogens with zero attached hydrogens (tertiary/aromatic N) is 1. The molecule has 3 heterocycles. The number of rotatable bonds is 4. The highest BCUT2D eigenvalue weighted by molar-refractivity contribution is 7.94. The number of anilines is 1. The molecular formula is C19H18N2O3S3. The number of benzene rings is 1. The van der Waals surface area contributed by atoms with Crippen LogP contribution in [0, 0.1) is 0 Å². The number of thiophene rings is 2. The Balaban J connectivity index is 1.50. The Morgan fingerprint density at radius 3 is 2.59 bits per heavy atom. The van der Waals surface area contributed by atoms with Crippen LogP contribution in [0.3, 0.4) is 0 Å². The normalized spacial score (nSPS) is 16.8. The van der Waals surface area contributed by atoms with E-state index in [1.165, 1.54) is 10.4 Å². The third-order valence-electron chi connectivity index (χ3n) is 4.68. The first-order valence-electron chi connectivity index (χ1n) is 8.49. The van der Waals surface area contributed by atoms with Crippen molar-refractivity contribution in [1.82, 2.24) is 4.90 Å². The lowest BCUT2D eigenvalue weighted by Gasteiger charge is -2.33. The van der Waals surface area contributed by atoms with Crippen molar-refractivity contribution in [2.75, 3.05) is 11.3 Å². The summed E-state index contributed by atoms with van der Waals surface area (Å²) in [5.41, 5.74) is 2.21. The van der Waals surface area contributed by atoms with E-state index in [1.54, 1.807) is 53.1 Å². The fourth-order valence-electron chi connectivity index (χ4n) is 3.26. The van der Waals surface area contributed by atoms with Gasteiger partial charge in [0.2, 0.25) is 0 Å². The van der Waals surface area contributed by atoms with Gasteiger partial charge in [-0.15, -0.1) is 22.7 Å². The number of carbonyl (C=O) groups excluding carboxylic acids is 1. The highest BCUT2D eigenvalue weighted by atomic mass is 32.2. The maximum Gasteiger partial charge on any atom is 0.271 e. The van der Waals surface area contributed by atoms with Crippen LogP contribution in [-0.2, 0) is 16.4 Å². The molecule has 1 amide bonds.